The smallest absolute Gasteiger partial charge is 0.0705 e. The SMILES string of the molecule is CC1CN(Cc2ccc3ccccc3n2)CCC1O. The number of aromatic nitrogens is 1. The molecule has 2 unspecified atom stereocenters. The molecule has 1 saturated heterocycles. The second-order valence-corrected chi connectivity index (χ2v) is 5.56. The number of aliphatic hydroxyl groups excluding tert-OH is 1. The molecule has 2 heterocycles. The van der Waals surface area contributed by atoms with Crippen molar-refractivity contribution >= 4 is 10.9 Å². The maximum absolute atomic E-state index is 9.76. The van der Waals surface area contributed by atoms with Crippen molar-refractivity contribution in [2.24, 2.45) is 5.92 Å². The van der Waals surface area contributed by atoms with E-state index in [1.165, 1.54) is 5.39 Å². The molecule has 100 valence electrons. The van der Waals surface area contributed by atoms with Crippen molar-refractivity contribution in [1.29, 1.82) is 0 Å². The van der Waals surface area contributed by atoms with Crippen molar-refractivity contribution in [2.45, 2.75) is 26.0 Å². The van der Waals surface area contributed by atoms with Gasteiger partial charge in [0.15, 0.2) is 0 Å². The van der Waals surface area contributed by atoms with Crippen LogP contribution in [0.3, 0.4) is 0 Å². The zero-order valence-corrected chi connectivity index (χ0v) is 11.3. The van der Waals surface area contributed by atoms with E-state index in [1.54, 1.807) is 0 Å². The number of pyridine rings is 1. The van der Waals surface area contributed by atoms with Gasteiger partial charge in [0.1, 0.15) is 0 Å². The Hall–Kier alpha value is -1.45. The van der Waals surface area contributed by atoms with Crippen LogP contribution in [-0.4, -0.2) is 34.2 Å². The number of hydrogen-bond donors (Lipinski definition) is 1. The van der Waals surface area contributed by atoms with E-state index in [9.17, 15) is 5.11 Å². The molecule has 0 radical (unpaired) electrons. The van der Waals surface area contributed by atoms with Gasteiger partial charge in [-0.25, -0.2) is 0 Å². The van der Waals surface area contributed by atoms with Gasteiger partial charge < -0.3 is 5.11 Å². The Balaban J connectivity index is 1.74. The summed E-state index contributed by atoms with van der Waals surface area (Å²) in [5.74, 6) is 0.356. The number of nitrogens with zero attached hydrogens (tertiary/aromatic N) is 2. The molecule has 19 heavy (non-hydrogen) atoms. The standard InChI is InChI=1S/C16H20N2O/c1-12-10-18(9-8-16(12)19)11-14-7-6-13-4-2-3-5-15(13)17-14/h2-7,12,16,19H,8-11H2,1H3. The minimum absolute atomic E-state index is 0.138. The fourth-order valence-electron chi connectivity index (χ4n) is 2.79. The fourth-order valence-corrected chi connectivity index (χ4v) is 2.79. The first-order valence-electron chi connectivity index (χ1n) is 6.97. The first kappa shape index (κ1) is 12.6. The van der Waals surface area contributed by atoms with Gasteiger partial charge in [0, 0.05) is 25.0 Å². The number of piperidine rings is 1. The van der Waals surface area contributed by atoms with Crippen LogP contribution >= 0.6 is 0 Å². The molecular formula is C16H20N2O. The van der Waals surface area contributed by atoms with Crippen LogP contribution in [-0.2, 0) is 6.54 Å². The number of aliphatic hydroxyl groups is 1. The molecule has 0 spiro atoms. The molecule has 0 bridgehead atoms. The molecule has 2 atom stereocenters. The third-order valence-electron chi connectivity index (χ3n) is 3.99. The van der Waals surface area contributed by atoms with Crippen LogP contribution in [0, 0.1) is 5.92 Å². The third-order valence-corrected chi connectivity index (χ3v) is 3.99. The van der Waals surface area contributed by atoms with Crippen LogP contribution in [0.5, 0.6) is 0 Å². The van der Waals surface area contributed by atoms with Gasteiger partial charge >= 0.3 is 0 Å². The van der Waals surface area contributed by atoms with Crippen LogP contribution in [0.2, 0.25) is 0 Å². The van der Waals surface area contributed by atoms with Crippen LogP contribution < -0.4 is 0 Å². The summed E-state index contributed by atoms with van der Waals surface area (Å²) in [5.41, 5.74) is 2.17. The lowest BCUT2D eigenvalue weighted by Gasteiger charge is -2.34. The highest BCUT2D eigenvalue weighted by Gasteiger charge is 2.24. The highest BCUT2D eigenvalue weighted by Crippen LogP contribution is 2.19. The molecule has 0 amide bonds. The Morgan fingerprint density at radius 3 is 2.95 bits per heavy atom. The van der Waals surface area contributed by atoms with Crippen molar-refractivity contribution in [3.8, 4) is 0 Å². The second kappa shape index (κ2) is 5.27. The summed E-state index contributed by atoms with van der Waals surface area (Å²) in [5, 5.41) is 10.9. The molecule has 3 rings (SSSR count). The fraction of sp³-hybridized carbons (Fsp3) is 0.438. The minimum atomic E-state index is -0.138. The molecule has 1 aliphatic rings. The van der Waals surface area contributed by atoms with Gasteiger partial charge in [-0.3, -0.25) is 9.88 Å². The maximum atomic E-state index is 9.76. The number of fused-ring (bicyclic) bond motifs is 1. The van der Waals surface area contributed by atoms with Gasteiger partial charge in [-0.15, -0.1) is 0 Å². The lowest BCUT2D eigenvalue weighted by molar-refractivity contribution is 0.0316. The number of para-hydroxylation sites is 1. The topological polar surface area (TPSA) is 36.4 Å². The molecule has 1 aliphatic heterocycles. The Labute approximate surface area is 113 Å². The average Bonchev–Trinajstić information content (AvgIpc) is 2.43. The van der Waals surface area contributed by atoms with Crippen molar-refractivity contribution in [1.82, 2.24) is 9.88 Å². The Morgan fingerprint density at radius 2 is 2.11 bits per heavy atom. The second-order valence-electron chi connectivity index (χ2n) is 5.56. The lowest BCUT2D eigenvalue weighted by Crippen LogP contribution is -2.41. The Bertz CT molecular complexity index is 569. The van der Waals surface area contributed by atoms with Gasteiger partial charge in [0.2, 0.25) is 0 Å². The van der Waals surface area contributed by atoms with Crippen molar-refractivity contribution < 1.29 is 5.11 Å². The van der Waals surface area contributed by atoms with E-state index in [2.05, 4.69) is 36.1 Å². The molecule has 3 nitrogen and oxygen atoms in total. The summed E-state index contributed by atoms with van der Waals surface area (Å²) in [6.07, 6.45) is 0.732. The number of rotatable bonds is 2. The summed E-state index contributed by atoms with van der Waals surface area (Å²) < 4.78 is 0. The van der Waals surface area contributed by atoms with Crippen molar-refractivity contribution in [3.63, 3.8) is 0 Å². The predicted molar refractivity (Wildman–Crippen MR) is 76.8 cm³/mol. The molecule has 3 heteroatoms. The van der Waals surface area contributed by atoms with E-state index in [0.29, 0.717) is 5.92 Å². The molecule has 0 saturated carbocycles. The van der Waals surface area contributed by atoms with Gasteiger partial charge in [-0.2, -0.15) is 0 Å². The van der Waals surface area contributed by atoms with E-state index >= 15 is 0 Å². The van der Waals surface area contributed by atoms with Gasteiger partial charge in [-0.1, -0.05) is 31.2 Å². The molecule has 2 aromatic rings. The van der Waals surface area contributed by atoms with Gasteiger partial charge in [-0.05, 0) is 24.5 Å². The Morgan fingerprint density at radius 1 is 1.26 bits per heavy atom. The van der Waals surface area contributed by atoms with E-state index in [-0.39, 0.29) is 6.10 Å². The summed E-state index contributed by atoms with van der Waals surface area (Å²) >= 11 is 0. The molecule has 1 aromatic carbocycles. The maximum Gasteiger partial charge on any atom is 0.0705 e. The largest absolute Gasteiger partial charge is 0.393 e. The first-order chi connectivity index (χ1) is 9.22. The normalized spacial score (nSPS) is 24.7. The van der Waals surface area contributed by atoms with Gasteiger partial charge in [0.05, 0.1) is 17.3 Å². The molecule has 1 N–H and O–H groups in total. The summed E-state index contributed by atoms with van der Waals surface area (Å²) in [7, 11) is 0. The molecule has 0 aliphatic carbocycles. The predicted octanol–water partition coefficient (Wildman–Crippen LogP) is 2.44. The number of hydrogen-bond acceptors (Lipinski definition) is 3. The van der Waals surface area contributed by atoms with Crippen LogP contribution in [0.1, 0.15) is 19.0 Å². The van der Waals surface area contributed by atoms with E-state index in [4.69, 9.17) is 4.98 Å². The van der Waals surface area contributed by atoms with Crippen LogP contribution in [0.4, 0.5) is 0 Å². The van der Waals surface area contributed by atoms with E-state index < -0.39 is 0 Å². The van der Waals surface area contributed by atoms with Gasteiger partial charge in [0.25, 0.3) is 0 Å². The number of benzene rings is 1. The highest BCUT2D eigenvalue weighted by molar-refractivity contribution is 5.78. The first-order valence-corrected chi connectivity index (χ1v) is 6.97. The molecule has 1 fully saturated rings. The number of likely N-dealkylation sites (tertiary alicyclic amines) is 1. The van der Waals surface area contributed by atoms with Crippen molar-refractivity contribution in [3.05, 3.63) is 42.1 Å². The molecular weight excluding hydrogens is 236 g/mol. The summed E-state index contributed by atoms with van der Waals surface area (Å²) in [4.78, 5) is 7.09. The average molecular weight is 256 g/mol. The quantitative estimate of drug-likeness (QED) is 0.896. The van der Waals surface area contributed by atoms with E-state index in [0.717, 1.165) is 37.3 Å². The zero-order valence-electron chi connectivity index (χ0n) is 11.3. The zero-order chi connectivity index (χ0) is 13.2. The highest BCUT2D eigenvalue weighted by atomic mass is 16.3. The monoisotopic (exact) mass is 256 g/mol. The summed E-state index contributed by atoms with van der Waals surface area (Å²) in [6.45, 7) is 4.90. The minimum Gasteiger partial charge on any atom is -0.393 e. The lowest BCUT2D eigenvalue weighted by atomic mass is 9.97. The van der Waals surface area contributed by atoms with Crippen LogP contribution in [0.15, 0.2) is 36.4 Å². The Kier molecular flexibility index (Phi) is 3.49. The molecule has 1 aromatic heterocycles. The summed E-state index contributed by atoms with van der Waals surface area (Å²) in [6, 6.07) is 12.5. The van der Waals surface area contributed by atoms with Crippen molar-refractivity contribution in [2.75, 3.05) is 13.1 Å². The third kappa shape index (κ3) is 2.77. The van der Waals surface area contributed by atoms with E-state index in [1.807, 2.05) is 12.1 Å². The van der Waals surface area contributed by atoms with Crippen LogP contribution in [0.25, 0.3) is 10.9 Å².